The van der Waals surface area contributed by atoms with E-state index in [0.29, 0.717) is 5.75 Å². The summed E-state index contributed by atoms with van der Waals surface area (Å²) in [6.07, 6.45) is 0. The molecule has 131 heavy (non-hydrogen) atoms. The lowest BCUT2D eigenvalue weighted by Crippen LogP contribution is -2.28. The number of hydrogen-bond donors (Lipinski definition) is 1. The first-order valence-electron chi connectivity index (χ1n) is 44.3. The van der Waals surface area contributed by atoms with Gasteiger partial charge in [-0.25, -0.2) is 0 Å². The summed E-state index contributed by atoms with van der Waals surface area (Å²) in [4.78, 5) is 2.36. The Bertz CT molecular complexity index is 7980. The minimum Gasteiger partial charge on any atom is -0.449 e. The van der Waals surface area contributed by atoms with E-state index in [4.69, 9.17) is 30.5 Å². The molecule has 8 nitrogen and oxygen atoms in total. The number of fused-ring (bicyclic) bond motifs is 18. The van der Waals surface area contributed by atoms with Gasteiger partial charge in [-0.3, -0.25) is 0 Å². The number of halogens is 1. The maximum atomic E-state index is 6.77. The van der Waals surface area contributed by atoms with Crippen molar-refractivity contribution in [3.05, 3.63) is 535 Å². The Morgan fingerprint density at radius 3 is 0.916 bits per heavy atom. The van der Waals surface area contributed by atoms with Crippen molar-refractivity contribution >= 4 is 83.6 Å². The summed E-state index contributed by atoms with van der Waals surface area (Å²) in [5, 5.41) is 9.30. The number of hydrogen-bond acceptors (Lipinski definition) is 6. The minimum absolute atomic E-state index is 0.507. The Morgan fingerprint density at radius 2 is 0.511 bits per heavy atom. The van der Waals surface area contributed by atoms with Gasteiger partial charge in [0.1, 0.15) is 0 Å². The molecule has 2 unspecified atom stereocenters. The van der Waals surface area contributed by atoms with Crippen LogP contribution in [0.25, 0.3) is 99.5 Å². The van der Waals surface area contributed by atoms with Crippen molar-refractivity contribution in [3.63, 3.8) is 0 Å². The molecule has 0 amide bonds. The van der Waals surface area contributed by atoms with E-state index in [1.807, 2.05) is 72.8 Å². The lowest BCUT2D eigenvalue weighted by Gasteiger charge is -2.35. The van der Waals surface area contributed by atoms with Gasteiger partial charge in [0.15, 0.2) is 46.0 Å². The van der Waals surface area contributed by atoms with Crippen LogP contribution in [0.3, 0.4) is 0 Å². The molecule has 1 N–H and O–H groups in total. The van der Waals surface area contributed by atoms with E-state index >= 15 is 0 Å². The molecule has 22 aromatic rings. The molecule has 0 radical (unpaired) electrons. The molecule has 0 saturated heterocycles. The third kappa shape index (κ3) is 13.2. The van der Waals surface area contributed by atoms with Gasteiger partial charge in [0.25, 0.3) is 0 Å². The molecule has 0 fully saturated rings. The van der Waals surface area contributed by atoms with Gasteiger partial charge in [-0.1, -0.05) is 339 Å². The molecule has 4 heterocycles. The second kappa shape index (κ2) is 32.5. The van der Waals surface area contributed by atoms with Crippen molar-refractivity contribution in [2.24, 2.45) is 0 Å². The quantitative estimate of drug-likeness (QED) is 0.124. The fourth-order valence-electron chi connectivity index (χ4n) is 20.5. The monoisotopic (exact) mass is 1700 g/mol. The molecule has 20 aromatic carbocycles. The largest absolute Gasteiger partial charge is 0.449 e. The zero-order valence-electron chi connectivity index (χ0n) is 71.0. The highest BCUT2D eigenvalue weighted by Gasteiger charge is 2.50. The predicted molar refractivity (Wildman–Crippen MR) is 536 cm³/mol. The molecule has 620 valence electrons. The molecule has 2 aliphatic heterocycles. The van der Waals surface area contributed by atoms with Crippen molar-refractivity contribution in [3.8, 4) is 102 Å². The number of benzene rings is 20. The summed E-state index contributed by atoms with van der Waals surface area (Å²) in [6.45, 7) is 0. The Kier molecular flexibility index (Phi) is 19.3. The molecular formula is C122H81ClN4O4. The number of ether oxygens (including phenoxy) is 4. The fourth-order valence-corrected chi connectivity index (χ4v) is 20.6. The summed E-state index contributed by atoms with van der Waals surface area (Å²) in [7, 11) is 0. The first-order valence-corrected chi connectivity index (χ1v) is 44.7. The molecular weight excluding hydrogens is 1620 g/mol. The number of nitrogens with one attached hydrogen (secondary N) is 1. The van der Waals surface area contributed by atoms with Gasteiger partial charge in [0.2, 0.25) is 0 Å². The Balaban J connectivity index is 0.000000120. The van der Waals surface area contributed by atoms with Crippen LogP contribution in [0, 0.1) is 0 Å². The van der Waals surface area contributed by atoms with Gasteiger partial charge < -0.3 is 38.3 Å². The van der Waals surface area contributed by atoms with Crippen LogP contribution in [-0.4, -0.2) is 9.13 Å². The van der Waals surface area contributed by atoms with Crippen LogP contribution in [-0.2, 0) is 10.8 Å². The number of nitrogens with zero attached hydrogens (tertiary/aromatic N) is 3. The summed E-state index contributed by atoms with van der Waals surface area (Å²) < 4.78 is 30.8. The van der Waals surface area contributed by atoms with Gasteiger partial charge in [-0.05, 0) is 236 Å². The second-order valence-electron chi connectivity index (χ2n) is 33.4. The molecule has 0 spiro atoms. The predicted octanol–water partition coefficient (Wildman–Crippen LogP) is 33.0. The Morgan fingerprint density at radius 1 is 0.221 bits per heavy atom. The normalized spacial score (nSPS) is 14.3. The van der Waals surface area contributed by atoms with Crippen molar-refractivity contribution in [1.29, 1.82) is 0 Å². The molecule has 26 rings (SSSR count). The average Bonchev–Trinajstić information content (AvgIpc) is 1.53. The highest BCUT2D eigenvalue weighted by molar-refractivity contribution is 6.30. The zero-order valence-corrected chi connectivity index (χ0v) is 71.8. The summed E-state index contributed by atoms with van der Waals surface area (Å²) in [5.74, 6) is 5.84. The molecule has 2 atom stereocenters. The topological polar surface area (TPSA) is 62.1 Å². The van der Waals surface area contributed by atoms with Gasteiger partial charge in [-0.2, -0.15) is 0 Å². The summed E-state index contributed by atoms with van der Waals surface area (Å²) in [5.41, 5.74) is 30.0. The van der Waals surface area contributed by atoms with E-state index in [9.17, 15) is 0 Å². The third-order valence-corrected chi connectivity index (χ3v) is 26.5. The number of rotatable bonds is 13. The molecule has 0 saturated carbocycles. The van der Waals surface area contributed by atoms with Crippen LogP contribution >= 0.6 is 11.6 Å². The van der Waals surface area contributed by atoms with E-state index in [0.717, 1.165) is 124 Å². The maximum absolute atomic E-state index is 6.77. The molecule has 4 aliphatic rings. The highest BCUT2D eigenvalue weighted by atomic mass is 35.5. The summed E-state index contributed by atoms with van der Waals surface area (Å²) in [6, 6.07) is 171. The van der Waals surface area contributed by atoms with Crippen molar-refractivity contribution in [2.45, 2.75) is 10.8 Å². The number of para-hydroxylation sites is 8. The standard InChI is InChI=1S/C61H40N2O2.C31H19ClO2.C30H22N2/c1-3-15-41(16-4-1)42-27-31-45(32-28-42)62(47-35-37-48(38-36-47)63-54-23-11-8-19-49(54)50-20-9-12-24-55(50)63)46-33-29-44(30-34-46)61(43-17-5-2-6-18-43)52-22-10-7-21-51(52)59-53(61)39-40-58-60(59)65-57-26-14-13-25-56(57)64-58;32-22-16-14-21(15-17-22)31(20-8-2-1-3-9-20)24-11-5-4-10-23(24)29-25(31)18-19-28-30(29)34-27-13-7-6-12-26(27)33-28;1-2-8-22(9-3-1)23-14-16-24(17-15-23)31-25-18-20-26(21-19-25)32-29-12-6-4-10-27(29)28-11-5-7-13-30(28)32/h1-40H;1-19H;1-21,31H. The van der Waals surface area contributed by atoms with Crippen molar-refractivity contribution in [2.75, 3.05) is 10.2 Å². The van der Waals surface area contributed by atoms with Gasteiger partial charge in [0.05, 0.1) is 32.9 Å². The second-order valence-corrected chi connectivity index (χ2v) is 33.9. The van der Waals surface area contributed by atoms with Crippen LogP contribution in [0.1, 0.15) is 44.5 Å². The van der Waals surface area contributed by atoms with Crippen LogP contribution in [0.4, 0.5) is 28.4 Å². The van der Waals surface area contributed by atoms with E-state index in [1.54, 1.807) is 0 Å². The zero-order chi connectivity index (χ0) is 86.9. The van der Waals surface area contributed by atoms with Crippen LogP contribution in [0.15, 0.2) is 485 Å². The van der Waals surface area contributed by atoms with E-state index in [-0.39, 0.29) is 0 Å². The highest BCUT2D eigenvalue weighted by Crippen LogP contribution is 2.65. The first kappa shape index (κ1) is 77.6. The molecule has 2 aromatic heterocycles. The number of aromatic nitrogens is 2. The van der Waals surface area contributed by atoms with E-state index in [2.05, 4.69) is 432 Å². The maximum Gasteiger partial charge on any atom is 0.178 e. The summed E-state index contributed by atoms with van der Waals surface area (Å²) >= 11 is 6.32. The first-order chi connectivity index (χ1) is 64.9. The van der Waals surface area contributed by atoms with Crippen molar-refractivity contribution < 1.29 is 18.9 Å². The lowest BCUT2D eigenvalue weighted by atomic mass is 9.67. The van der Waals surface area contributed by atoms with Gasteiger partial charge in [-0.15, -0.1) is 0 Å². The van der Waals surface area contributed by atoms with E-state index in [1.165, 1.54) is 93.7 Å². The lowest BCUT2D eigenvalue weighted by molar-refractivity contribution is 0.360. The SMILES string of the molecule is Clc1ccc(C2(c3ccccc3)c3ccccc3-c3c2ccc2c3Oc3ccccc3O2)cc1.c1ccc(-c2ccc(N(c3ccc(-n4c5ccccc5c5ccccc54)cc3)c3ccc(C4(c5ccccc5)c5ccccc5-c5c4ccc4c5Oc5ccccc5O4)cc3)cc2)cc1.c1ccc(-c2ccc(Nc3ccc(-n4c5ccccc5c5ccccc54)cc3)cc2)cc1. The Hall–Kier alpha value is -16.9. The number of anilines is 5. The van der Waals surface area contributed by atoms with Crippen molar-refractivity contribution in [1.82, 2.24) is 9.13 Å². The van der Waals surface area contributed by atoms with Gasteiger partial charge >= 0.3 is 0 Å². The van der Waals surface area contributed by atoms with Gasteiger partial charge in [0, 0.05) is 77.5 Å². The minimum atomic E-state index is -0.632. The molecule has 9 heteroatoms. The fraction of sp³-hybridized carbons (Fsp3) is 0.0164. The van der Waals surface area contributed by atoms with Crippen LogP contribution in [0.2, 0.25) is 5.02 Å². The van der Waals surface area contributed by atoms with Crippen LogP contribution in [0.5, 0.6) is 46.0 Å². The molecule has 2 aliphatic carbocycles. The van der Waals surface area contributed by atoms with Crippen LogP contribution < -0.4 is 29.2 Å². The van der Waals surface area contributed by atoms with E-state index < -0.39 is 10.8 Å². The third-order valence-electron chi connectivity index (χ3n) is 26.2. The Labute approximate surface area is 764 Å². The smallest absolute Gasteiger partial charge is 0.178 e. The molecule has 0 bridgehead atoms. The average molecular weight is 1700 g/mol.